The number of carbonyl (C=O) groups is 2. The number of aliphatic carboxylic acids is 1. The number of hydrogen-bond acceptors (Lipinski definition) is 5. The molecule has 3 rings (SSSR count). The average Bonchev–Trinajstić information content (AvgIpc) is 2.95. The van der Waals surface area contributed by atoms with Crippen molar-refractivity contribution in [2.75, 3.05) is 6.61 Å². The van der Waals surface area contributed by atoms with Gasteiger partial charge in [0, 0.05) is 0 Å². The van der Waals surface area contributed by atoms with Crippen LogP contribution in [-0.2, 0) is 9.59 Å². The van der Waals surface area contributed by atoms with Gasteiger partial charge >= 0.3 is 5.97 Å². The first-order chi connectivity index (χ1) is 13.3. The summed E-state index contributed by atoms with van der Waals surface area (Å²) in [5, 5.41) is 11.8. The third-order valence-electron chi connectivity index (χ3n) is 3.37. The second-order valence-electron chi connectivity index (χ2n) is 5.45. The molecule has 1 amide bonds. The van der Waals surface area contributed by atoms with E-state index < -0.39 is 12.6 Å². The molecule has 0 radical (unpaired) electrons. The van der Waals surface area contributed by atoms with Crippen LogP contribution in [0.2, 0.25) is 0 Å². The minimum Gasteiger partial charge on any atom is -0.480 e. The highest BCUT2D eigenvalue weighted by molar-refractivity contribution is 14.1. The fourth-order valence-electron chi connectivity index (χ4n) is 2.20. The lowest BCUT2D eigenvalue weighted by Crippen LogP contribution is -2.19. The van der Waals surface area contributed by atoms with Crippen LogP contribution >= 0.6 is 56.9 Å². The number of nitrogens with zero attached hydrogens (tertiary/aromatic N) is 1. The van der Waals surface area contributed by atoms with Gasteiger partial charge < -0.3 is 15.2 Å². The number of ether oxygens (including phenoxy) is 1. The normalized spacial score (nSPS) is 16.5. The van der Waals surface area contributed by atoms with Gasteiger partial charge in [0.1, 0.15) is 11.6 Å². The Morgan fingerprint density at radius 1 is 1.25 bits per heavy atom. The zero-order chi connectivity index (χ0) is 20.3. The van der Waals surface area contributed by atoms with E-state index in [2.05, 4.69) is 55.5 Å². The predicted molar refractivity (Wildman–Crippen MR) is 122 cm³/mol. The van der Waals surface area contributed by atoms with Crippen molar-refractivity contribution < 1.29 is 23.8 Å². The fourth-order valence-corrected chi connectivity index (χ4v) is 5.17. The van der Waals surface area contributed by atoms with Crippen LogP contribution in [0.15, 0.2) is 46.3 Å². The molecule has 1 heterocycles. The Morgan fingerprint density at radius 3 is 2.50 bits per heavy atom. The van der Waals surface area contributed by atoms with Gasteiger partial charge in [-0.2, -0.15) is 0 Å². The van der Waals surface area contributed by atoms with Gasteiger partial charge in [-0.15, -0.1) is 0 Å². The zero-order valence-corrected chi connectivity index (χ0v) is 19.0. The number of benzene rings is 2. The van der Waals surface area contributed by atoms with Crippen molar-refractivity contribution in [3.8, 4) is 5.75 Å². The maximum absolute atomic E-state index is 13.0. The molecule has 28 heavy (non-hydrogen) atoms. The number of nitrogens with one attached hydrogen (secondary N) is 1. The van der Waals surface area contributed by atoms with E-state index >= 15 is 0 Å². The summed E-state index contributed by atoms with van der Waals surface area (Å²) in [4.78, 5) is 27.7. The van der Waals surface area contributed by atoms with Gasteiger partial charge in [-0.25, -0.2) is 14.2 Å². The standard InChI is InChI=1S/C18H11FI2N2O4S/c19-10-1-3-11(4-2-10)22-18-23-17(26)14(28-18)7-9-5-12(20)16(13(21)6-9)27-8-15(24)25/h1-7H,8H2,(H,24,25)(H,22,23,26)/b14-7-. The number of hydrogen-bond donors (Lipinski definition) is 2. The molecule has 1 fully saturated rings. The minimum atomic E-state index is -1.05. The first-order valence-electron chi connectivity index (χ1n) is 7.70. The molecular formula is C18H11FI2N2O4S. The summed E-state index contributed by atoms with van der Waals surface area (Å²) in [5.74, 6) is -1.19. The maximum atomic E-state index is 13.0. The number of carboxylic acids is 1. The molecule has 0 atom stereocenters. The van der Waals surface area contributed by atoms with E-state index in [1.807, 2.05) is 0 Å². The maximum Gasteiger partial charge on any atom is 0.341 e. The van der Waals surface area contributed by atoms with E-state index in [-0.39, 0.29) is 11.7 Å². The third-order valence-corrected chi connectivity index (χ3v) is 5.88. The highest BCUT2D eigenvalue weighted by Crippen LogP contribution is 2.32. The highest BCUT2D eigenvalue weighted by Gasteiger charge is 2.24. The predicted octanol–water partition coefficient (Wildman–Crippen LogP) is 4.39. The first kappa shape index (κ1) is 21.0. The summed E-state index contributed by atoms with van der Waals surface area (Å²) in [6.45, 7) is -0.423. The van der Waals surface area contributed by atoms with Crippen molar-refractivity contribution in [3.05, 3.63) is 59.8 Å². The average molecular weight is 624 g/mol. The van der Waals surface area contributed by atoms with Crippen molar-refractivity contribution in [2.24, 2.45) is 4.99 Å². The molecule has 0 aromatic heterocycles. The summed E-state index contributed by atoms with van der Waals surface area (Å²) in [6.07, 6.45) is 1.72. The summed E-state index contributed by atoms with van der Waals surface area (Å²) < 4.78 is 19.8. The lowest BCUT2D eigenvalue weighted by Gasteiger charge is -2.09. The van der Waals surface area contributed by atoms with Gasteiger partial charge in [0.15, 0.2) is 11.8 Å². The molecule has 144 valence electrons. The molecule has 6 nitrogen and oxygen atoms in total. The van der Waals surface area contributed by atoms with Gasteiger partial charge in [0.05, 0.1) is 17.7 Å². The number of thioether (sulfide) groups is 1. The number of carbonyl (C=O) groups excluding carboxylic acids is 1. The number of rotatable bonds is 5. The Kier molecular flexibility index (Phi) is 6.93. The van der Waals surface area contributed by atoms with E-state index in [1.165, 1.54) is 36.0 Å². The fraction of sp³-hybridized carbons (Fsp3) is 0.0556. The molecule has 1 saturated heterocycles. The van der Waals surface area contributed by atoms with Crippen LogP contribution < -0.4 is 10.1 Å². The van der Waals surface area contributed by atoms with Gasteiger partial charge in [-0.3, -0.25) is 4.79 Å². The second kappa shape index (κ2) is 9.22. The van der Waals surface area contributed by atoms with Crippen molar-refractivity contribution in [1.82, 2.24) is 5.32 Å². The van der Waals surface area contributed by atoms with E-state index in [9.17, 15) is 14.0 Å². The molecule has 0 saturated carbocycles. The number of amides is 1. The summed E-state index contributed by atoms with van der Waals surface area (Å²) in [7, 11) is 0. The molecule has 0 bridgehead atoms. The number of carboxylic acid groups (broad SMARTS) is 1. The Bertz CT molecular complexity index is 986. The van der Waals surface area contributed by atoms with E-state index in [4.69, 9.17) is 9.84 Å². The van der Waals surface area contributed by atoms with Crippen LogP contribution in [0, 0.1) is 13.0 Å². The molecule has 2 aromatic carbocycles. The molecule has 2 N–H and O–H groups in total. The quantitative estimate of drug-likeness (QED) is 0.381. The molecule has 0 unspecified atom stereocenters. The van der Waals surface area contributed by atoms with Crippen molar-refractivity contribution in [2.45, 2.75) is 0 Å². The van der Waals surface area contributed by atoms with Crippen molar-refractivity contribution >= 4 is 85.8 Å². The van der Waals surface area contributed by atoms with Crippen LogP contribution in [0.3, 0.4) is 0 Å². The molecule has 10 heteroatoms. The van der Waals surface area contributed by atoms with E-state index in [0.29, 0.717) is 21.5 Å². The van der Waals surface area contributed by atoms with Gasteiger partial charge in [0.2, 0.25) is 0 Å². The van der Waals surface area contributed by atoms with E-state index in [1.54, 1.807) is 18.2 Å². The summed E-state index contributed by atoms with van der Waals surface area (Å²) >= 11 is 5.30. The molecular weight excluding hydrogens is 613 g/mol. The Hall–Kier alpha value is -1.67. The number of amidine groups is 1. The van der Waals surface area contributed by atoms with Crippen LogP contribution in [0.1, 0.15) is 5.56 Å². The first-order valence-corrected chi connectivity index (χ1v) is 10.7. The topological polar surface area (TPSA) is 88.0 Å². The van der Waals surface area contributed by atoms with Crippen LogP contribution in [-0.4, -0.2) is 28.8 Å². The molecule has 1 aliphatic heterocycles. The second-order valence-corrected chi connectivity index (χ2v) is 8.81. The Balaban J connectivity index is 1.80. The molecule has 2 aromatic rings. The monoisotopic (exact) mass is 624 g/mol. The molecule has 0 spiro atoms. The van der Waals surface area contributed by atoms with Crippen LogP contribution in [0.25, 0.3) is 6.08 Å². The lowest BCUT2D eigenvalue weighted by molar-refractivity contribution is -0.139. The van der Waals surface area contributed by atoms with Crippen LogP contribution in [0.4, 0.5) is 10.1 Å². The van der Waals surface area contributed by atoms with E-state index in [0.717, 1.165) is 12.7 Å². The van der Waals surface area contributed by atoms with Crippen molar-refractivity contribution in [1.29, 1.82) is 0 Å². The Morgan fingerprint density at radius 2 is 1.89 bits per heavy atom. The molecule has 1 aliphatic rings. The van der Waals surface area contributed by atoms with Gasteiger partial charge in [-0.05, 0) is 105 Å². The SMILES string of the molecule is O=C(O)COc1c(I)cc(/C=C2\SC(=Nc3ccc(F)cc3)NC2=O)cc1I. The Labute approximate surface area is 190 Å². The zero-order valence-electron chi connectivity index (χ0n) is 13.9. The highest BCUT2D eigenvalue weighted by atomic mass is 127. The number of halogens is 3. The largest absolute Gasteiger partial charge is 0.480 e. The third kappa shape index (κ3) is 5.44. The van der Waals surface area contributed by atoms with Gasteiger partial charge in [0.25, 0.3) is 5.91 Å². The number of aliphatic imine (C=N–C) groups is 1. The smallest absolute Gasteiger partial charge is 0.341 e. The lowest BCUT2D eigenvalue weighted by atomic mass is 10.2. The van der Waals surface area contributed by atoms with Gasteiger partial charge in [-0.1, -0.05) is 0 Å². The van der Waals surface area contributed by atoms with Crippen molar-refractivity contribution in [3.63, 3.8) is 0 Å². The summed E-state index contributed by atoms with van der Waals surface area (Å²) in [6, 6.07) is 9.26. The molecule has 0 aliphatic carbocycles. The van der Waals surface area contributed by atoms with Crippen LogP contribution in [0.5, 0.6) is 5.75 Å². The summed E-state index contributed by atoms with van der Waals surface area (Å²) in [5.41, 5.74) is 1.31. The minimum absolute atomic E-state index is 0.276.